The zero-order valence-electron chi connectivity index (χ0n) is 14.7. The lowest BCUT2D eigenvalue weighted by molar-refractivity contribution is -0.128. The third kappa shape index (κ3) is 3.77. The number of aromatic nitrogens is 1. The summed E-state index contributed by atoms with van der Waals surface area (Å²) in [5.41, 5.74) is -1.06. The lowest BCUT2D eigenvalue weighted by Gasteiger charge is -2.33. The molecular weight excluding hydrogens is 340 g/mol. The lowest BCUT2D eigenvalue weighted by Crippen LogP contribution is -2.55. The number of carbonyl (C=O) groups is 3. The maximum atomic E-state index is 12.4. The lowest BCUT2D eigenvalue weighted by atomic mass is 10.0. The number of nitrogens with one attached hydrogen (secondary N) is 2. The Morgan fingerprint density at radius 3 is 2.92 bits per heavy atom. The van der Waals surface area contributed by atoms with Crippen molar-refractivity contribution < 1.29 is 23.9 Å². The highest BCUT2D eigenvalue weighted by atomic mass is 16.5. The van der Waals surface area contributed by atoms with E-state index in [9.17, 15) is 14.4 Å². The molecule has 2 aliphatic heterocycles. The van der Waals surface area contributed by atoms with Crippen LogP contribution in [0.5, 0.6) is 5.88 Å². The minimum Gasteiger partial charge on any atom is -0.470 e. The molecule has 0 saturated carbocycles. The van der Waals surface area contributed by atoms with E-state index in [0.29, 0.717) is 25.5 Å². The van der Waals surface area contributed by atoms with Crippen LogP contribution in [-0.4, -0.2) is 65.2 Å². The topological polar surface area (TPSA) is 110 Å². The van der Waals surface area contributed by atoms with Crippen LogP contribution in [0.1, 0.15) is 20.3 Å². The molecule has 4 amide bonds. The number of urea groups is 1. The van der Waals surface area contributed by atoms with Crippen LogP contribution >= 0.6 is 0 Å². The Kier molecular flexibility index (Phi) is 5.08. The summed E-state index contributed by atoms with van der Waals surface area (Å²) < 4.78 is 11.3. The Morgan fingerprint density at radius 1 is 1.46 bits per heavy atom. The number of hydrogen-bond donors (Lipinski definition) is 2. The van der Waals surface area contributed by atoms with Gasteiger partial charge in [0.15, 0.2) is 0 Å². The molecule has 2 fully saturated rings. The normalized spacial score (nSPS) is 24.9. The van der Waals surface area contributed by atoms with Gasteiger partial charge in [-0.25, -0.2) is 9.78 Å². The summed E-state index contributed by atoms with van der Waals surface area (Å²) in [5, 5.41) is 5.11. The molecule has 2 N–H and O–H groups in total. The molecule has 0 spiro atoms. The standard InChI is InChI=1S/C17H22N4O5/c1-17(2)15(23)20-16(24)21(17)9-13(22)19-11-6-8-25-10-12(11)26-14-5-3-4-7-18-14/h3-5,7,11-12H,6,8-10H2,1-2H3,(H,19,22)(H,20,23,24). The number of imide groups is 1. The van der Waals surface area contributed by atoms with Gasteiger partial charge in [0.05, 0.1) is 12.6 Å². The number of nitrogens with zero attached hydrogens (tertiary/aromatic N) is 2. The molecule has 2 saturated heterocycles. The number of amides is 4. The quantitative estimate of drug-likeness (QED) is 0.717. The van der Waals surface area contributed by atoms with Crippen molar-refractivity contribution in [2.45, 2.75) is 38.0 Å². The van der Waals surface area contributed by atoms with Gasteiger partial charge in [-0.2, -0.15) is 0 Å². The average molecular weight is 362 g/mol. The van der Waals surface area contributed by atoms with Gasteiger partial charge in [0, 0.05) is 18.9 Å². The van der Waals surface area contributed by atoms with E-state index in [0.717, 1.165) is 0 Å². The predicted molar refractivity (Wildman–Crippen MR) is 90.3 cm³/mol. The molecule has 2 unspecified atom stereocenters. The molecule has 9 nitrogen and oxygen atoms in total. The minimum atomic E-state index is -1.06. The van der Waals surface area contributed by atoms with E-state index < -0.39 is 17.5 Å². The van der Waals surface area contributed by atoms with Crippen molar-refractivity contribution in [3.63, 3.8) is 0 Å². The molecule has 26 heavy (non-hydrogen) atoms. The minimum absolute atomic E-state index is 0.210. The second-order valence-corrected chi connectivity index (χ2v) is 6.77. The molecule has 140 valence electrons. The van der Waals surface area contributed by atoms with Crippen molar-refractivity contribution in [2.75, 3.05) is 19.8 Å². The Morgan fingerprint density at radius 2 is 2.27 bits per heavy atom. The van der Waals surface area contributed by atoms with E-state index >= 15 is 0 Å². The van der Waals surface area contributed by atoms with Crippen molar-refractivity contribution in [2.24, 2.45) is 0 Å². The Bertz CT molecular complexity index is 694. The van der Waals surface area contributed by atoms with E-state index in [2.05, 4.69) is 15.6 Å². The van der Waals surface area contributed by atoms with E-state index in [-0.39, 0.29) is 24.6 Å². The van der Waals surface area contributed by atoms with Gasteiger partial charge in [-0.3, -0.25) is 14.9 Å². The van der Waals surface area contributed by atoms with Crippen LogP contribution in [0.2, 0.25) is 0 Å². The van der Waals surface area contributed by atoms with E-state index in [1.54, 1.807) is 32.2 Å². The zero-order valence-corrected chi connectivity index (χ0v) is 14.7. The summed E-state index contributed by atoms with van der Waals surface area (Å²) >= 11 is 0. The van der Waals surface area contributed by atoms with Crippen molar-refractivity contribution in [3.05, 3.63) is 24.4 Å². The number of hydrogen-bond acceptors (Lipinski definition) is 6. The fraction of sp³-hybridized carbons (Fsp3) is 0.529. The van der Waals surface area contributed by atoms with Crippen LogP contribution < -0.4 is 15.4 Å². The highest BCUT2D eigenvalue weighted by Crippen LogP contribution is 2.20. The summed E-state index contributed by atoms with van der Waals surface area (Å²) in [7, 11) is 0. The average Bonchev–Trinajstić information content (AvgIpc) is 2.80. The third-order valence-electron chi connectivity index (χ3n) is 4.56. The van der Waals surface area contributed by atoms with Crippen molar-refractivity contribution in [1.82, 2.24) is 20.5 Å². The maximum absolute atomic E-state index is 12.4. The van der Waals surface area contributed by atoms with Gasteiger partial charge in [-0.1, -0.05) is 6.07 Å². The maximum Gasteiger partial charge on any atom is 0.325 e. The fourth-order valence-electron chi connectivity index (χ4n) is 2.92. The molecule has 9 heteroatoms. The molecular formula is C17H22N4O5. The Hall–Kier alpha value is -2.68. The second kappa shape index (κ2) is 7.28. The van der Waals surface area contributed by atoms with Crippen LogP contribution in [-0.2, 0) is 14.3 Å². The summed E-state index contributed by atoms with van der Waals surface area (Å²) in [4.78, 5) is 41.5. The monoisotopic (exact) mass is 362 g/mol. The smallest absolute Gasteiger partial charge is 0.325 e. The molecule has 3 rings (SSSR count). The molecule has 2 aliphatic rings. The molecule has 0 bridgehead atoms. The second-order valence-electron chi connectivity index (χ2n) is 6.77. The number of pyridine rings is 1. The summed E-state index contributed by atoms with van der Waals surface area (Å²) in [6, 6.07) is 4.49. The molecule has 0 aromatic carbocycles. The Balaban J connectivity index is 1.61. The first-order valence-corrected chi connectivity index (χ1v) is 8.46. The molecule has 2 atom stereocenters. The van der Waals surface area contributed by atoms with Gasteiger partial charge in [-0.15, -0.1) is 0 Å². The highest BCUT2D eigenvalue weighted by Gasteiger charge is 2.46. The molecule has 0 aliphatic carbocycles. The van der Waals surface area contributed by atoms with Gasteiger partial charge >= 0.3 is 6.03 Å². The number of ether oxygens (including phenoxy) is 2. The van der Waals surface area contributed by atoms with E-state index in [4.69, 9.17) is 9.47 Å². The van der Waals surface area contributed by atoms with Crippen LogP contribution in [0.4, 0.5) is 4.79 Å². The molecule has 1 aromatic heterocycles. The third-order valence-corrected chi connectivity index (χ3v) is 4.56. The largest absolute Gasteiger partial charge is 0.470 e. The summed E-state index contributed by atoms with van der Waals surface area (Å²) in [6.07, 6.45) is 1.82. The van der Waals surface area contributed by atoms with Crippen LogP contribution in [0.3, 0.4) is 0 Å². The van der Waals surface area contributed by atoms with Crippen molar-refractivity contribution in [1.29, 1.82) is 0 Å². The van der Waals surface area contributed by atoms with Gasteiger partial charge in [0.1, 0.15) is 18.2 Å². The first-order valence-electron chi connectivity index (χ1n) is 8.46. The molecule has 0 radical (unpaired) electrons. The van der Waals surface area contributed by atoms with Gasteiger partial charge < -0.3 is 19.7 Å². The van der Waals surface area contributed by atoms with Gasteiger partial charge in [-0.05, 0) is 26.3 Å². The SMILES string of the molecule is CC1(C)C(=O)NC(=O)N1CC(=O)NC1CCOCC1Oc1ccccn1. The van der Waals surface area contributed by atoms with Crippen molar-refractivity contribution >= 4 is 17.8 Å². The van der Waals surface area contributed by atoms with Crippen molar-refractivity contribution in [3.8, 4) is 5.88 Å². The number of rotatable bonds is 5. The predicted octanol–water partition coefficient (Wildman–Crippen LogP) is 0.0645. The summed E-state index contributed by atoms with van der Waals surface area (Å²) in [5.74, 6) is -0.324. The fourth-order valence-corrected chi connectivity index (χ4v) is 2.92. The highest BCUT2D eigenvalue weighted by molar-refractivity contribution is 6.07. The first kappa shape index (κ1) is 18.1. The Labute approximate surface area is 151 Å². The molecule has 3 heterocycles. The van der Waals surface area contributed by atoms with E-state index in [1.807, 2.05) is 6.07 Å². The van der Waals surface area contributed by atoms with Gasteiger partial charge in [0.2, 0.25) is 11.8 Å². The first-order chi connectivity index (χ1) is 12.4. The molecule has 1 aromatic rings. The van der Waals surface area contributed by atoms with Crippen LogP contribution in [0, 0.1) is 0 Å². The van der Waals surface area contributed by atoms with Gasteiger partial charge in [0.25, 0.3) is 5.91 Å². The number of carbonyl (C=O) groups excluding carboxylic acids is 3. The van der Waals surface area contributed by atoms with E-state index in [1.165, 1.54) is 4.90 Å². The zero-order chi connectivity index (χ0) is 18.7. The summed E-state index contributed by atoms with van der Waals surface area (Å²) in [6.45, 7) is 3.82. The van der Waals surface area contributed by atoms with Crippen LogP contribution in [0.25, 0.3) is 0 Å². The van der Waals surface area contributed by atoms with Crippen LogP contribution in [0.15, 0.2) is 24.4 Å².